The van der Waals surface area contributed by atoms with E-state index in [1.165, 1.54) is 4.90 Å². The topological polar surface area (TPSA) is 66.9 Å². The Morgan fingerprint density at radius 1 is 1.15 bits per heavy atom. The molecule has 4 rings (SSSR count). The molecule has 0 unspecified atom stereocenters. The highest BCUT2D eigenvalue weighted by Crippen LogP contribution is 2.51. The first-order chi connectivity index (χ1) is 12.6. The van der Waals surface area contributed by atoms with Gasteiger partial charge in [0.15, 0.2) is 0 Å². The van der Waals surface area contributed by atoms with E-state index in [1.807, 2.05) is 20.8 Å². The summed E-state index contributed by atoms with van der Waals surface area (Å²) in [7, 11) is 0. The van der Waals surface area contributed by atoms with E-state index < -0.39 is 5.60 Å². The van der Waals surface area contributed by atoms with Gasteiger partial charge in [-0.1, -0.05) is 19.1 Å². The summed E-state index contributed by atoms with van der Waals surface area (Å²) in [6, 6.07) is 6.91. The highest BCUT2D eigenvalue weighted by molar-refractivity contribution is 6.21. The molecule has 1 aromatic carbocycles. The van der Waals surface area contributed by atoms with Crippen molar-refractivity contribution in [2.75, 3.05) is 13.1 Å². The smallest absolute Gasteiger partial charge is 0.410 e. The minimum Gasteiger partial charge on any atom is -0.444 e. The third kappa shape index (κ3) is 2.91. The Bertz CT molecular complexity index is 793. The van der Waals surface area contributed by atoms with Crippen LogP contribution in [0.3, 0.4) is 0 Å². The zero-order valence-electron chi connectivity index (χ0n) is 16.3. The summed E-state index contributed by atoms with van der Waals surface area (Å²) in [6.45, 7) is 8.96. The molecular formula is C21H26N2O4. The highest BCUT2D eigenvalue weighted by Gasteiger charge is 2.55. The molecule has 6 heteroatoms. The van der Waals surface area contributed by atoms with Gasteiger partial charge in [-0.2, -0.15) is 0 Å². The summed E-state index contributed by atoms with van der Waals surface area (Å²) in [5.41, 5.74) is 0.384. The second kappa shape index (κ2) is 5.81. The second-order valence-corrected chi connectivity index (χ2v) is 9.33. The van der Waals surface area contributed by atoms with Crippen molar-refractivity contribution in [3.05, 3.63) is 35.4 Å². The van der Waals surface area contributed by atoms with Crippen LogP contribution in [0.1, 0.15) is 61.3 Å². The molecule has 0 bridgehead atoms. The molecule has 27 heavy (non-hydrogen) atoms. The van der Waals surface area contributed by atoms with Crippen molar-refractivity contribution in [2.45, 2.75) is 52.2 Å². The van der Waals surface area contributed by atoms with Gasteiger partial charge in [-0.05, 0) is 57.1 Å². The molecule has 0 aromatic heterocycles. The molecule has 2 fully saturated rings. The maximum absolute atomic E-state index is 12.8. The van der Waals surface area contributed by atoms with Crippen molar-refractivity contribution in [2.24, 2.45) is 11.3 Å². The first-order valence-electron chi connectivity index (χ1n) is 9.54. The lowest BCUT2D eigenvalue weighted by molar-refractivity contribution is 0.0257. The molecule has 1 aromatic rings. The zero-order chi connectivity index (χ0) is 19.6. The van der Waals surface area contributed by atoms with Gasteiger partial charge >= 0.3 is 6.09 Å². The first-order valence-corrected chi connectivity index (χ1v) is 9.54. The molecule has 0 radical (unpaired) electrons. The van der Waals surface area contributed by atoms with Crippen molar-refractivity contribution in [3.8, 4) is 0 Å². The van der Waals surface area contributed by atoms with E-state index >= 15 is 0 Å². The molecule has 2 aliphatic heterocycles. The summed E-state index contributed by atoms with van der Waals surface area (Å²) in [5.74, 6) is -0.110. The van der Waals surface area contributed by atoms with Gasteiger partial charge < -0.3 is 9.64 Å². The van der Waals surface area contributed by atoms with Gasteiger partial charge in [-0.25, -0.2) is 4.79 Å². The number of amides is 3. The van der Waals surface area contributed by atoms with Crippen LogP contribution in [0.2, 0.25) is 0 Å². The molecule has 0 N–H and O–H groups in total. The van der Waals surface area contributed by atoms with Crippen LogP contribution in [-0.4, -0.2) is 52.4 Å². The van der Waals surface area contributed by atoms with Crippen LogP contribution in [0.4, 0.5) is 4.79 Å². The Morgan fingerprint density at radius 3 is 2.26 bits per heavy atom. The highest BCUT2D eigenvalue weighted by atomic mass is 16.6. The molecule has 1 saturated heterocycles. The molecule has 3 amide bonds. The Balaban J connectivity index is 1.48. The van der Waals surface area contributed by atoms with Crippen LogP contribution < -0.4 is 0 Å². The van der Waals surface area contributed by atoms with E-state index in [1.54, 1.807) is 29.2 Å². The van der Waals surface area contributed by atoms with Gasteiger partial charge in [0.2, 0.25) is 0 Å². The van der Waals surface area contributed by atoms with Crippen LogP contribution in [-0.2, 0) is 4.74 Å². The number of imide groups is 1. The standard InChI is InChI=1S/C21H26N2O4/c1-20(2,3)27-19(26)22-11-13-9-14(10-21(13,4)12-22)23-17(24)15-7-5-6-8-16(15)18(23)25/h5-8,13-14H,9-12H2,1-4H3/t13-,14+,21+/m1/s1. The van der Waals surface area contributed by atoms with Crippen molar-refractivity contribution in [1.82, 2.24) is 9.80 Å². The zero-order valence-corrected chi connectivity index (χ0v) is 16.3. The fraction of sp³-hybridized carbons (Fsp3) is 0.571. The summed E-state index contributed by atoms with van der Waals surface area (Å²) >= 11 is 0. The van der Waals surface area contributed by atoms with Gasteiger partial charge in [0.25, 0.3) is 11.8 Å². The normalized spacial score (nSPS) is 29.9. The SMILES string of the molecule is CC(C)(C)OC(=O)N1C[C@H]2C[C@H](N3C(=O)c4ccccc4C3=O)C[C@@]2(C)C1. The number of carbonyl (C=O) groups is 3. The van der Waals surface area contributed by atoms with Crippen LogP contribution in [0, 0.1) is 11.3 Å². The molecule has 144 valence electrons. The average molecular weight is 370 g/mol. The second-order valence-electron chi connectivity index (χ2n) is 9.33. The van der Waals surface area contributed by atoms with Gasteiger partial charge in [0, 0.05) is 19.1 Å². The fourth-order valence-electron chi connectivity index (χ4n) is 4.86. The third-order valence-corrected chi connectivity index (χ3v) is 6.08. The van der Waals surface area contributed by atoms with E-state index in [2.05, 4.69) is 6.92 Å². The number of hydrogen-bond acceptors (Lipinski definition) is 4. The van der Waals surface area contributed by atoms with E-state index in [0.717, 1.165) is 12.8 Å². The van der Waals surface area contributed by atoms with Crippen LogP contribution in [0.5, 0.6) is 0 Å². The molecule has 6 nitrogen and oxygen atoms in total. The quantitative estimate of drug-likeness (QED) is 0.711. The van der Waals surface area contributed by atoms with E-state index in [-0.39, 0.29) is 35.3 Å². The van der Waals surface area contributed by atoms with Crippen molar-refractivity contribution < 1.29 is 19.1 Å². The number of rotatable bonds is 1. The predicted octanol–water partition coefficient (Wildman–Crippen LogP) is 3.32. The van der Waals surface area contributed by atoms with Gasteiger partial charge in [0.05, 0.1) is 11.1 Å². The lowest BCUT2D eigenvalue weighted by Crippen LogP contribution is -2.41. The van der Waals surface area contributed by atoms with Gasteiger partial charge in [0.1, 0.15) is 5.60 Å². The Kier molecular flexibility index (Phi) is 3.88. The van der Waals surface area contributed by atoms with Crippen LogP contribution >= 0.6 is 0 Å². The number of ether oxygens (including phenoxy) is 1. The average Bonchev–Trinajstić information content (AvgIpc) is 3.13. The van der Waals surface area contributed by atoms with Gasteiger partial charge in [-0.15, -0.1) is 0 Å². The van der Waals surface area contributed by atoms with Crippen LogP contribution in [0.15, 0.2) is 24.3 Å². The third-order valence-electron chi connectivity index (χ3n) is 6.08. The minimum absolute atomic E-state index is 0.100. The van der Waals surface area contributed by atoms with Gasteiger partial charge in [-0.3, -0.25) is 14.5 Å². The number of hydrogen-bond donors (Lipinski definition) is 0. The van der Waals surface area contributed by atoms with E-state index in [0.29, 0.717) is 24.2 Å². The molecule has 0 spiro atoms. The monoisotopic (exact) mass is 370 g/mol. The lowest BCUT2D eigenvalue weighted by Gasteiger charge is -2.29. The van der Waals surface area contributed by atoms with Crippen molar-refractivity contribution >= 4 is 17.9 Å². The number of fused-ring (bicyclic) bond motifs is 2. The maximum atomic E-state index is 12.8. The Hall–Kier alpha value is -2.37. The maximum Gasteiger partial charge on any atom is 0.410 e. The first kappa shape index (κ1) is 18.0. The Morgan fingerprint density at radius 2 is 1.74 bits per heavy atom. The summed E-state index contributed by atoms with van der Waals surface area (Å²) in [4.78, 5) is 41.2. The summed E-state index contributed by atoms with van der Waals surface area (Å²) < 4.78 is 5.50. The molecule has 1 aliphatic carbocycles. The molecular weight excluding hydrogens is 344 g/mol. The van der Waals surface area contributed by atoms with Crippen molar-refractivity contribution in [3.63, 3.8) is 0 Å². The summed E-state index contributed by atoms with van der Waals surface area (Å²) in [5, 5.41) is 0. The number of benzene rings is 1. The molecule has 2 heterocycles. The number of nitrogens with zero attached hydrogens (tertiary/aromatic N) is 2. The molecule has 3 atom stereocenters. The largest absolute Gasteiger partial charge is 0.444 e. The number of carbonyl (C=O) groups excluding carboxylic acids is 3. The fourth-order valence-corrected chi connectivity index (χ4v) is 4.86. The van der Waals surface area contributed by atoms with Crippen molar-refractivity contribution in [1.29, 1.82) is 0 Å². The van der Waals surface area contributed by atoms with E-state index in [4.69, 9.17) is 4.74 Å². The molecule has 3 aliphatic rings. The minimum atomic E-state index is -0.515. The Labute approximate surface area is 159 Å². The summed E-state index contributed by atoms with van der Waals surface area (Å²) in [6.07, 6.45) is 1.18. The predicted molar refractivity (Wildman–Crippen MR) is 99.4 cm³/mol. The van der Waals surface area contributed by atoms with Crippen LogP contribution in [0.25, 0.3) is 0 Å². The molecule has 1 saturated carbocycles. The van der Waals surface area contributed by atoms with E-state index in [9.17, 15) is 14.4 Å². The number of likely N-dealkylation sites (tertiary alicyclic amines) is 1. The lowest BCUT2D eigenvalue weighted by atomic mass is 9.83.